The number of aromatic nitrogens is 2. The molecule has 24 heavy (non-hydrogen) atoms. The first kappa shape index (κ1) is 14.8. The largest absolute Gasteiger partial charge is 0.363 e. The van der Waals surface area contributed by atoms with E-state index >= 15 is 0 Å². The summed E-state index contributed by atoms with van der Waals surface area (Å²) >= 11 is 1.65. The van der Waals surface area contributed by atoms with Crippen LogP contribution in [0.3, 0.4) is 0 Å². The average molecular weight is 331 g/mol. The Kier molecular flexibility index (Phi) is 3.97. The van der Waals surface area contributed by atoms with Gasteiger partial charge in [0.1, 0.15) is 17.0 Å². The van der Waals surface area contributed by atoms with Crippen LogP contribution in [0.4, 0.5) is 5.82 Å². The van der Waals surface area contributed by atoms with E-state index in [2.05, 4.69) is 76.1 Å². The summed E-state index contributed by atoms with van der Waals surface area (Å²) in [4.78, 5) is 9.96. The van der Waals surface area contributed by atoms with Gasteiger partial charge in [0.25, 0.3) is 0 Å². The lowest BCUT2D eigenvalue weighted by Gasteiger charge is -2.16. The van der Waals surface area contributed by atoms with E-state index in [-0.39, 0.29) is 6.04 Å². The highest BCUT2D eigenvalue weighted by atomic mass is 32.1. The maximum Gasteiger partial charge on any atom is 0.139 e. The zero-order chi connectivity index (χ0) is 16.4. The fourth-order valence-electron chi connectivity index (χ4n) is 2.84. The summed E-state index contributed by atoms with van der Waals surface area (Å²) in [5, 5.41) is 6.81. The summed E-state index contributed by atoms with van der Waals surface area (Å²) in [6, 6.07) is 21.0. The van der Waals surface area contributed by atoms with Gasteiger partial charge in [-0.1, -0.05) is 60.7 Å². The van der Waals surface area contributed by atoms with Gasteiger partial charge in [0.05, 0.1) is 5.39 Å². The highest BCUT2D eigenvalue weighted by molar-refractivity contribution is 7.17. The second-order valence-corrected chi connectivity index (χ2v) is 6.55. The molecule has 0 aliphatic carbocycles. The summed E-state index contributed by atoms with van der Waals surface area (Å²) in [6.07, 6.45) is 1.63. The van der Waals surface area contributed by atoms with Crippen LogP contribution in [0.15, 0.2) is 72.4 Å². The number of fused-ring (bicyclic) bond motifs is 1. The van der Waals surface area contributed by atoms with Gasteiger partial charge in [-0.2, -0.15) is 0 Å². The predicted molar refractivity (Wildman–Crippen MR) is 101 cm³/mol. The van der Waals surface area contributed by atoms with Gasteiger partial charge in [0.2, 0.25) is 0 Å². The monoisotopic (exact) mass is 331 g/mol. The van der Waals surface area contributed by atoms with E-state index in [0.717, 1.165) is 16.0 Å². The number of hydrogen-bond acceptors (Lipinski definition) is 4. The molecule has 1 unspecified atom stereocenters. The van der Waals surface area contributed by atoms with Crippen LogP contribution in [-0.4, -0.2) is 9.97 Å². The summed E-state index contributed by atoms with van der Waals surface area (Å²) in [5.74, 6) is 0.886. The maximum absolute atomic E-state index is 4.52. The van der Waals surface area contributed by atoms with Crippen LogP contribution in [0.5, 0.6) is 0 Å². The Morgan fingerprint density at radius 3 is 2.38 bits per heavy atom. The van der Waals surface area contributed by atoms with Gasteiger partial charge in [-0.3, -0.25) is 0 Å². The number of thiophene rings is 1. The lowest BCUT2D eigenvalue weighted by molar-refractivity contribution is 0.876. The summed E-state index contributed by atoms with van der Waals surface area (Å²) in [6.45, 7) is 2.15. The molecule has 118 valence electrons. The Morgan fingerprint density at radius 1 is 0.917 bits per heavy atom. The average Bonchev–Trinajstić information content (AvgIpc) is 3.08. The fourth-order valence-corrected chi connectivity index (χ4v) is 3.76. The van der Waals surface area contributed by atoms with E-state index in [9.17, 15) is 0 Å². The van der Waals surface area contributed by atoms with E-state index in [1.165, 1.54) is 16.7 Å². The number of benzene rings is 2. The zero-order valence-electron chi connectivity index (χ0n) is 13.3. The molecular formula is C20H17N3S. The van der Waals surface area contributed by atoms with E-state index in [4.69, 9.17) is 0 Å². The molecule has 1 atom stereocenters. The molecule has 0 spiro atoms. The second kappa shape index (κ2) is 6.42. The van der Waals surface area contributed by atoms with E-state index in [1.807, 2.05) is 12.1 Å². The Morgan fingerprint density at radius 2 is 1.62 bits per heavy atom. The van der Waals surface area contributed by atoms with E-state index < -0.39 is 0 Å². The zero-order valence-corrected chi connectivity index (χ0v) is 14.1. The van der Waals surface area contributed by atoms with Gasteiger partial charge >= 0.3 is 0 Å². The van der Waals surface area contributed by atoms with Crippen molar-refractivity contribution in [3.05, 3.63) is 77.9 Å². The van der Waals surface area contributed by atoms with Crippen molar-refractivity contribution in [3.8, 4) is 11.1 Å². The minimum Gasteiger partial charge on any atom is -0.363 e. The summed E-state index contributed by atoms with van der Waals surface area (Å²) < 4.78 is 0. The highest BCUT2D eigenvalue weighted by Gasteiger charge is 2.15. The Labute approximate surface area is 145 Å². The molecule has 4 rings (SSSR count). The minimum absolute atomic E-state index is 0.174. The van der Waals surface area contributed by atoms with Crippen molar-refractivity contribution < 1.29 is 0 Å². The van der Waals surface area contributed by atoms with Crippen LogP contribution in [0.2, 0.25) is 0 Å². The lowest BCUT2D eigenvalue weighted by atomic mass is 10.1. The van der Waals surface area contributed by atoms with Crippen molar-refractivity contribution in [2.45, 2.75) is 13.0 Å². The molecule has 0 bridgehead atoms. The van der Waals surface area contributed by atoms with Crippen molar-refractivity contribution in [2.24, 2.45) is 0 Å². The Bertz CT molecular complexity index is 948. The first-order valence-corrected chi connectivity index (χ1v) is 8.80. The first-order valence-electron chi connectivity index (χ1n) is 7.92. The number of anilines is 1. The molecule has 0 amide bonds. The molecular weight excluding hydrogens is 314 g/mol. The molecule has 0 radical (unpaired) electrons. The van der Waals surface area contributed by atoms with Crippen LogP contribution >= 0.6 is 11.3 Å². The topological polar surface area (TPSA) is 37.8 Å². The quantitative estimate of drug-likeness (QED) is 0.534. The fraction of sp³-hybridized carbons (Fsp3) is 0.100. The van der Waals surface area contributed by atoms with Gasteiger partial charge in [0, 0.05) is 17.0 Å². The number of nitrogens with zero attached hydrogens (tertiary/aromatic N) is 2. The summed E-state index contributed by atoms with van der Waals surface area (Å²) in [7, 11) is 0. The third kappa shape index (κ3) is 2.76. The van der Waals surface area contributed by atoms with Crippen molar-refractivity contribution in [2.75, 3.05) is 5.32 Å². The Hall–Kier alpha value is -2.72. The first-order chi connectivity index (χ1) is 11.8. The normalized spacial score (nSPS) is 12.2. The third-order valence-electron chi connectivity index (χ3n) is 4.11. The molecule has 0 aliphatic rings. The van der Waals surface area contributed by atoms with E-state index in [1.54, 1.807) is 17.7 Å². The molecule has 0 saturated carbocycles. The molecule has 4 aromatic rings. The van der Waals surface area contributed by atoms with Crippen LogP contribution in [0, 0.1) is 0 Å². The van der Waals surface area contributed by atoms with E-state index in [0.29, 0.717) is 0 Å². The molecule has 1 N–H and O–H groups in total. The van der Waals surface area contributed by atoms with Crippen molar-refractivity contribution in [1.82, 2.24) is 9.97 Å². The molecule has 3 nitrogen and oxygen atoms in total. The molecule has 4 heteroatoms. The van der Waals surface area contributed by atoms with Gasteiger partial charge in [0.15, 0.2) is 0 Å². The van der Waals surface area contributed by atoms with Crippen LogP contribution in [-0.2, 0) is 0 Å². The SMILES string of the molecule is CC(Nc1ncnc2scc(-c3ccccc3)c12)c1ccccc1. The number of hydrogen-bond donors (Lipinski definition) is 1. The Balaban J connectivity index is 1.77. The van der Waals surface area contributed by atoms with Crippen molar-refractivity contribution in [3.63, 3.8) is 0 Å². The highest BCUT2D eigenvalue weighted by Crippen LogP contribution is 2.37. The van der Waals surface area contributed by atoms with Crippen molar-refractivity contribution in [1.29, 1.82) is 0 Å². The maximum atomic E-state index is 4.52. The smallest absolute Gasteiger partial charge is 0.139 e. The lowest BCUT2D eigenvalue weighted by Crippen LogP contribution is -2.08. The molecule has 0 saturated heterocycles. The minimum atomic E-state index is 0.174. The third-order valence-corrected chi connectivity index (χ3v) is 4.99. The van der Waals surface area contributed by atoms with Gasteiger partial charge in [-0.05, 0) is 18.1 Å². The van der Waals surface area contributed by atoms with Crippen LogP contribution < -0.4 is 5.32 Å². The molecule has 2 aromatic carbocycles. The molecule has 2 aromatic heterocycles. The molecule has 0 fully saturated rings. The second-order valence-electron chi connectivity index (χ2n) is 5.69. The van der Waals surface area contributed by atoms with Gasteiger partial charge in [-0.25, -0.2) is 9.97 Å². The van der Waals surface area contributed by atoms with Gasteiger partial charge in [-0.15, -0.1) is 11.3 Å². The molecule has 0 aliphatic heterocycles. The van der Waals surface area contributed by atoms with Crippen LogP contribution in [0.25, 0.3) is 21.3 Å². The number of nitrogens with one attached hydrogen (secondary N) is 1. The van der Waals surface area contributed by atoms with Gasteiger partial charge < -0.3 is 5.32 Å². The molecule has 2 heterocycles. The summed E-state index contributed by atoms with van der Waals surface area (Å²) in [5.41, 5.74) is 3.61. The van der Waals surface area contributed by atoms with Crippen LogP contribution in [0.1, 0.15) is 18.5 Å². The predicted octanol–water partition coefficient (Wildman–Crippen LogP) is 5.53. The van der Waals surface area contributed by atoms with Crippen molar-refractivity contribution >= 4 is 27.4 Å². The standard InChI is InChI=1S/C20H17N3S/c1-14(15-8-4-2-5-9-15)23-19-18-17(16-10-6-3-7-11-16)12-24-20(18)22-13-21-19/h2-14H,1H3,(H,21,22,23). The number of rotatable bonds is 4.